The first-order valence-electron chi connectivity index (χ1n) is 6.61. The quantitative estimate of drug-likeness (QED) is 0.908. The fraction of sp³-hybridized carbons (Fsp3) is 0.400. The molecule has 0 radical (unpaired) electrons. The molecule has 0 aliphatic carbocycles. The Balaban J connectivity index is 1.90. The number of aromatic nitrogens is 1. The summed E-state index contributed by atoms with van der Waals surface area (Å²) in [6.07, 6.45) is 0. The molecule has 0 fully saturated rings. The Bertz CT molecular complexity index is 608. The van der Waals surface area contributed by atoms with Crippen LogP contribution in [0.2, 0.25) is 5.02 Å². The molecular formula is C15H18ClFN2O2. The van der Waals surface area contributed by atoms with Crippen molar-refractivity contribution in [2.24, 2.45) is 0 Å². The van der Waals surface area contributed by atoms with Gasteiger partial charge in [0, 0.05) is 18.2 Å². The summed E-state index contributed by atoms with van der Waals surface area (Å²) in [5, 5.41) is 7.50. The topological polar surface area (TPSA) is 47.3 Å². The summed E-state index contributed by atoms with van der Waals surface area (Å²) in [4.78, 5) is 0. The fourth-order valence-corrected chi connectivity index (χ4v) is 1.83. The van der Waals surface area contributed by atoms with Crippen LogP contribution < -0.4 is 10.1 Å². The van der Waals surface area contributed by atoms with Crippen LogP contribution in [0.25, 0.3) is 0 Å². The standard InChI is InChI=1S/C15H18ClFN2O2/c1-15(2,3)18-8-11-7-12(21-19-11)9-20-14-5-4-10(17)6-13(14)16/h4-7,18H,8-9H2,1-3H3. The van der Waals surface area contributed by atoms with E-state index in [0.717, 1.165) is 5.69 Å². The van der Waals surface area contributed by atoms with Crippen LogP contribution in [0.3, 0.4) is 0 Å². The highest BCUT2D eigenvalue weighted by Crippen LogP contribution is 2.25. The normalized spacial score (nSPS) is 11.7. The van der Waals surface area contributed by atoms with E-state index in [-0.39, 0.29) is 17.2 Å². The second kappa shape index (κ2) is 6.45. The van der Waals surface area contributed by atoms with Crippen LogP contribution in [0.4, 0.5) is 4.39 Å². The van der Waals surface area contributed by atoms with Crippen LogP contribution in [0.5, 0.6) is 5.75 Å². The molecule has 21 heavy (non-hydrogen) atoms. The van der Waals surface area contributed by atoms with Gasteiger partial charge in [-0.3, -0.25) is 0 Å². The molecule has 1 aromatic heterocycles. The molecule has 0 aliphatic rings. The molecule has 2 aromatic rings. The average molecular weight is 313 g/mol. The first-order chi connectivity index (χ1) is 9.83. The highest BCUT2D eigenvalue weighted by molar-refractivity contribution is 6.32. The first-order valence-corrected chi connectivity index (χ1v) is 6.99. The van der Waals surface area contributed by atoms with Crippen molar-refractivity contribution in [1.29, 1.82) is 0 Å². The lowest BCUT2D eigenvalue weighted by molar-refractivity contribution is 0.248. The molecule has 0 saturated heterocycles. The Hall–Kier alpha value is -1.59. The third kappa shape index (κ3) is 5.02. The minimum atomic E-state index is -0.400. The third-order valence-corrected chi connectivity index (χ3v) is 2.97. The van der Waals surface area contributed by atoms with E-state index in [1.54, 1.807) is 0 Å². The molecule has 4 nitrogen and oxygen atoms in total. The molecule has 0 amide bonds. The van der Waals surface area contributed by atoms with Crippen molar-refractivity contribution in [2.45, 2.75) is 39.5 Å². The van der Waals surface area contributed by atoms with E-state index in [2.05, 4.69) is 31.2 Å². The predicted molar refractivity (Wildman–Crippen MR) is 78.8 cm³/mol. The van der Waals surface area contributed by atoms with E-state index in [1.807, 2.05) is 6.07 Å². The molecule has 0 bridgehead atoms. The Morgan fingerprint density at radius 3 is 2.76 bits per heavy atom. The summed E-state index contributed by atoms with van der Waals surface area (Å²) in [5.41, 5.74) is 0.811. The number of rotatable bonds is 5. The van der Waals surface area contributed by atoms with Crippen LogP contribution in [-0.2, 0) is 13.2 Å². The zero-order chi connectivity index (χ0) is 15.5. The summed E-state index contributed by atoms with van der Waals surface area (Å²) in [6.45, 7) is 7.03. The molecule has 1 heterocycles. The molecular weight excluding hydrogens is 295 g/mol. The van der Waals surface area contributed by atoms with Gasteiger partial charge >= 0.3 is 0 Å². The average Bonchev–Trinajstić information content (AvgIpc) is 2.82. The van der Waals surface area contributed by atoms with Gasteiger partial charge in [0.1, 0.15) is 18.2 Å². The molecule has 0 spiro atoms. The number of nitrogens with zero attached hydrogens (tertiary/aromatic N) is 1. The highest BCUT2D eigenvalue weighted by Gasteiger charge is 2.11. The van der Waals surface area contributed by atoms with Gasteiger partial charge in [0.25, 0.3) is 0 Å². The van der Waals surface area contributed by atoms with Gasteiger partial charge in [0.05, 0.1) is 10.7 Å². The summed E-state index contributed by atoms with van der Waals surface area (Å²) in [5.74, 6) is 0.590. The van der Waals surface area contributed by atoms with Gasteiger partial charge in [-0.25, -0.2) is 4.39 Å². The van der Waals surface area contributed by atoms with Crippen molar-refractivity contribution >= 4 is 11.6 Å². The van der Waals surface area contributed by atoms with E-state index in [4.69, 9.17) is 20.9 Å². The van der Waals surface area contributed by atoms with E-state index in [1.165, 1.54) is 18.2 Å². The van der Waals surface area contributed by atoms with Crippen LogP contribution in [-0.4, -0.2) is 10.7 Å². The van der Waals surface area contributed by atoms with Crippen molar-refractivity contribution in [3.05, 3.63) is 46.6 Å². The minimum absolute atomic E-state index is 0.0112. The summed E-state index contributed by atoms with van der Waals surface area (Å²) < 4.78 is 23.6. The fourth-order valence-electron chi connectivity index (χ4n) is 1.60. The van der Waals surface area contributed by atoms with Gasteiger partial charge < -0.3 is 14.6 Å². The number of nitrogens with one attached hydrogen (secondary N) is 1. The van der Waals surface area contributed by atoms with Crippen molar-refractivity contribution in [3.63, 3.8) is 0 Å². The van der Waals surface area contributed by atoms with Gasteiger partial charge in [-0.15, -0.1) is 0 Å². The van der Waals surface area contributed by atoms with Gasteiger partial charge in [0.2, 0.25) is 0 Å². The molecule has 1 N–H and O–H groups in total. The Morgan fingerprint density at radius 2 is 2.10 bits per heavy atom. The maximum atomic E-state index is 12.9. The second-order valence-electron chi connectivity index (χ2n) is 5.75. The van der Waals surface area contributed by atoms with Gasteiger partial charge in [-0.2, -0.15) is 0 Å². The lowest BCUT2D eigenvalue weighted by Crippen LogP contribution is -2.35. The highest BCUT2D eigenvalue weighted by atomic mass is 35.5. The maximum Gasteiger partial charge on any atom is 0.174 e. The maximum absolute atomic E-state index is 12.9. The molecule has 0 atom stereocenters. The molecule has 6 heteroatoms. The van der Waals surface area contributed by atoms with Crippen LogP contribution in [0.15, 0.2) is 28.8 Å². The lowest BCUT2D eigenvalue weighted by Gasteiger charge is -2.19. The molecule has 114 valence electrons. The Morgan fingerprint density at radius 1 is 1.33 bits per heavy atom. The largest absolute Gasteiger partial charge is 0.484 e. The first kappa shape index (κ1) is 15.8. The predicted octanol–water partition coefficient (Wildman–Crippen LogP) is 3.93. The zero-order valence-corrected chi connectivity index (χ0v) is 13.0. The lowest BCUT2D eigenvalue weighted by atomic mass is 10.1. The minimum Gasteiger partial charge on any atom is -0.484 e. The summed E-state index contributed by atoms with van der Waals surface area (Å²) in [6, 6.07) is 5.79. The Kier molecular flexibility index (Phi) is 4.85. The number of benzene rings is 1. The van der Waals surface area contributed by atoms with Crippen LogP contribution >= 0.6 is 11.6 Å². The Labute approximate surface area is 128 Å². The van der Waals surface area contributed by atoms with Crippen LogP contribution in [0, 0.1) is 5.82 Å². The summed E-state index contributed by atoms with van der Waals surface area (Å²) >= 11 is 5.88. The van der Waals surface area contributed by atoms with Crippen molar-refractivity contribution in [2.75, 3.05) is 0 Å². The second-order valence-corrected chi connectivity index (χ2v) is 6.16. The smallest absolute Gasteiger partial charge is 0.174 e. The zero-order valence-electron chi connectivity index (χ0n) is 12.2. The number of ether oxygens (including phenoxy) is 1. The van der Waals surface area contributed by atoms with E-state index in [0.29, 0.717) is 18.1 Å². The van der Waals surface area contributed by atoms with E-state index >= 15 is 0 Å². The van der Waals surface area contributed by atoms with E-state index in [9.17, 15) is 4.39 Å². The van der Waals surface area contributed by atoms with Gasteiger partial charge in [0.15, 0.2) is 5.76 Å². The van der Waals surface area contributed by atoms with Gasteiger partial charge in [-0.1, -0.05) is 16.8 Å². The number of hydrogen-bond donors (Lipinski definition) is 1. The van der Waals surface area contributed by atoms with Crippen molar-refractivity contribution < 1.29 is 13.7 Å². The third-order valence-electron chi connectivity index (χ3n) is 2.67. The SMILES string of the molecule is CC(C)(C)NCc1cc(COc2ccc(F)cc2Cl)on1. The molecule has 0 aliphatic heterocycles. The molecule has 0 saturated carbocycles. The van der Waals surface area contributed by atoms with Crippen molar-refractivity contribution in [1.82, 2.24) is 10.5 Å². The van der Waals surface area contributed by atoms with Crippen molar-refractivity contribution in [3.8, 4) is 5.75 Å². The summed E-state index contributed by atoms with van der Waals surface area (Å²) in [7, 11) is 0. The monoisotopic (exact) mass is 312 g/mol. The number of hydrogen-bond acceptors (Lipinski definition) is 4. The number of halogens is 2. The van der Waals surface area contributed by atoms with Gasteiger partial charge in [-0.05, 0) is 39.0 Å². The molecule has 1 aromatic carbocycles. The molecule has 2 rings (SSSR count). The molecule has 0 unspecified atom stereocenters. The van der Waals surface area contributed by atoms with E-state index < -0.39 is 5.82 Å². The van der Waals surface area contributed by atoms with Crippen LogP contribution in [0.1, 0.15) is 32.2 Å².